The summed E-state index contributed by atoms with van der Waals surface area (Å²) in [6.45, 7) is 2.09. The maximum atomic E-state index is 10.8. The fourth-order valence-corrected chi connectivity index (χ4v) is 0.899. The van der Waals surface area contributed by atoms with Crippen molar-refractivity contribution >= 4 is 18.5 Å². The van der Waals surface area contributed by atoms with E-state index in [-0.39, 0.29) is 24.3 Å². The summed E-state index contributed by atoms with van der Waals surface area (Å²) in [6, 6.07) is 0.0969. The lowest BCUT2D eigenvalue weighted by molar-refractivity contribution is -0.119. The Balaban J connectivity index is 3.58. The van der Waals surface area contributed by atoms with Crippen molar-refractivity contribution in [1.29, 1.82) is 0 Å². The SMILES string of the molecule is CCC(CCO)NC(=O)CS. The zero-order valence-electron chi connectivity index (χ0n) is 6.71. The van der Waals surface area contributed by atoms with Gasteiger partial charge in [-0.1, -0.05) is 6.92 Å². The van der Waals surface area contributed by atoms with Gasteiger partial charge < -0.3 is 10.4 Å². The molecule has 0 saturated carbocycles. The highest BCUT2D eigenvalue weighted by Crippen LogP contribution is 1.95. The molecule has 1 unspecified atom stereocenters. The van der Waals surface area contributed by atoms with Gasteiger partial charge in [0, 0.05) is 12.6 Å². The molecule has 2 N–H and O–H groups in total. The van der Waals surface area contributed by atoms with Gasteiger partial charge in [0.1, 0.15) is 0 Å². The summed E-state index contributed by atoms with van der Waals surface area (Å²) in [5, 5.41) is 11.3. The standard InChI is InChI=1S/C7H15NO2S/c1-2-6(3-4-9)8-7(10)5-11/h6,9,11H,2-5H2,1H3,(H,8,10). The molecule has 0 fully saturated rings. The highest BCUT2D eigenvalue weighted by Gasteiger charge is 2.07. The number of nitrogens with one attached hydrogen (secondary N) is 1. The lowest BCUT2D eigenvalue weighted by Crippen LogP contribution is -2.35. The lowest BCUT2D eigenvalue weighted by atomic mass is 10.1. The summed E-state index contributed by atoms with van der Waals surface area (Å²) in [6.07, 6.45) is 1.47. The molecule has 0 spiro atoms. The smallest absolute Gasteiger partial charge is 0.229 e. The first kappa shape index (κ1) is 10.8. The van der Waals surface area contributed by atoms with Crippen molar-refractivity contribution in [2.24, 2.45) is 0 Å². The van der Waals surface area contributed by atoms with Crippen molar-refractivity contribution < 1.29 is 9.90 Å². The van der Waals surface area contributed by atoms with Gasteiger partial charge in [-0.3, -0.25) is 4.79 Å². The number of aliphatic hydroxyl groups excluding tert-OH is 1. The molecule has 0 radical (unpaired) electrons. The van der Waals surface area contributed by atoms with E-state index in [1.165, 1.54) is 0 Å². The van der Waals surface area contributed by atoms with Crippen LogP contribution in [0.3, 0.4) is 0 Å². The van der Waals surface area contributed by atoms with E-state index < -0.39 is 0 Å². The Bertz CT molecular complexity index is 119. The first-order chi connectivity index (χ1) is 5.24. The Morgan fingerprint density at radius 1 is 1.73 bits per heavy atom. The molecule has 0 aliphatic heterocycles. The van der Waals surface area contributed by atoms with Crippen LogP contribution >= 0.6 is 12.6 Å². The molecule has 0 aliphatic carbocycles. The summed E-state index contributed by atoms with van der Waals surface area (Å²) in [5.41, 5.74) is 0. The van der Waals surface area contributed by atoms with Gasteiger partial charge in [-0.2, -0.15) is 12.6 Å². The van der Waals surface area contributed by atoms with E-state index in [4.69, 9.17) is 5.11 Å². The number of rotatable bonds is 5. The summed E-state index contributed by atoms with van der Waals surface area (Å²) < 4.78 is 0. The number of amides is 1. The van der Waals surface area contributed by atoms with Gasteiger partial charge in [-0.25, -0.2) is 0 Å². The van der Waals surface area contributed by atoms with Gasteiger partial charge in [-0.15, -0.1) is 0 Å². The van der Waals surface area contributed by atoms with Crippen LogP contribution in [0, 0.1) is 0 Å². The second kappa shape index (κ2) is 6.49. The largest absolute Gasteiger partial charge is 0.396 e. The molecule has 0 aromatic heterocycles. The molecule has 3 nitrogen and oxygen atoms in total. The third-order valence-corrected chi connectivity index (χ3v) is 1.77. The monoisotopic (exact) mass is 177 g/mol. The van der Waals surface area contributed by atoms with Crippen LogP contribution < -0.4 is 5.32 Å². The van der Waals surface area contributed by atoms with E-state index >= 15 is 0 Å². The van der Waals surface area contributed by atoms with Gasteiger partial charge in [0.25, 0.3) is 0 Å². The molecule has 0 aliphatic rings. The molecular weight excluding hydrogens is 162 g/mol. The number of thiol groups is 1. The van der Waals surface area contributed by atoms with Crippen molar-refractivity contribution in [3.63, 3.8) is 0 Å². The van der Waals surface area contributed by atoms with E-state index in [0.29, 0.717) is 6.42 Å². The Kier molecular flexibility index (Phi) is 6.36. The van der Waals surface area contributed by atoms with E-state index in [0.717, 1.165) is 6.42 Å². The molecule has 0 heterocycles. The summed E-state index contributed by atoms with van der Waals surface area (Å²) in [4.78, 5) is 10.8. The van der Waals surface area contributed by atoms with Crippen molar-refractivity contribution in [3.05, 3.63) is 0 Å². The van der Waals surface area contributed by atoms with Crippen LogP contribution in [0.15, 0.2) is 0 Å². The highest BCUT2D eigenvalue weighted by molar-refractivity contribution is 7.81. The van der Waals surface area contributed by atoms with E-state index in [9.17, 15) is 4.79 Å². The van der Waals surface area contributed by atoms with Crippen LogP contribution in [0.25, 0.3) is 0 Å². The Morgan fingerprint density at radius 2 is 2.36 bits per heavy atom. The average Bonchev–Trinajstić information content (AvgIpc) is 2.03. The average molecular weight is 177 g/mol. The quantitative estimate of drug-likeness (QED) is 0.525. The van der Waals surface area contributed by atoms with Crippen molar-refractivity contribution in [3.8, 4) is 0 Å². The summed E-state index contributed by atoms with van der Waals surface area (Å²) in [7, 11) is 0. The Hall–Kier alpha value is -0.220. The Morgan fingerprint density at radius 3 is 2.73 bits per heavy atom. The molecular formula is C7H15NO2S. The van der Waals surface area contributed by atoms with Gasteiger partial charge >= 0.3 is 0 Å². The first-order valence-electron chi connectivity index (χ1n) is 3.75. The van der Waals surface area contributed by atoms with Gasteiger partial charge in [-0.05, 0) is 12.8 Å². The zero-order valence-corrected chi connectivity index (χ0v) is 7.60. The van der Waals surface area contributed by atoms with E-state index in [1.54, 1.807) is 0 Å². The predicted octanol–water partition coefficient (Wildman–Crippen LogP) is 0.193. The lowest BCUT2D eigenvalue weighted by Gasteiger charge is -2.14. The van der Waals surface area contributed by atoms with Crippen LogP contribution in [-0.4, -0.2) is 29.4 Å². The fourth-order valence-electron chi connectivity index (χ4n) is 0.808. The maximum absolute atomic E-state index is 10.8. The van der Waals surface area contributed by atoms with Gasteiger partial charge in [0.2, 0.25) is 5.91 Å². The van der Waals surface area contributed by atoms with Crippen molar-refractivity contribution in [2.45, 2.75) is 25.8 Å². The fraction of sp³-hybridized carbons (Fsp3) is 0.857. The summed E-state index contributed by atoms with van der Waals surface area (Å²) in [5.74, 6) is 0.135. The Labute approximate surface area is 72.6 Å². The molecule has 4 heteroatoms. The number of hydrogen-bond acceptors (Lipinski definition) is 3. The van der Waals surface area contributed by atoms with Crippen molar-refractivity contribution in [1.82, 2.24) is 5.32 Å². The third-order valence-electron chi connectivity index (χ3n) is 1.48. The number of hydrogen-bond donors (Lipinski definition) is 3. The van der Waals surface area contributed by atoms with Gasteiger partial charge in [0.15, 0.2) is 0 Å². The molecule has 1 atom stereocenters. The molecule has 1 amide bonds. The highest BCUT2D eigenvalue weighted by atomic mass is 32.1. The second-order valence-electron chi connectivity index (χ2n) is 2.34. The van der Waals surface area contributed by atoms with Crippen LogP contribution in [-0.2, 0) is 4.79 Å². The topological polar surface area (TPSA) is 49.3 Å². The molecule has 0 saturated heterocycles. The van der Waals surface area contributed by atoms with E-state index in [2.05, 4.69) is 17.9 Å². The number of carbonyl (C=O) groups excluding carboxylic acids is 1. The van der Waals surface area contributed by atoms with E-state index in [1.807, 2.05) is 6.92 Å². The minimum Gasteiger partial charge on any atom is -0.396 e. The minimum atomic E-state index is -0.0753. The molecule has 11 heavy (non-hydrogen) atoms. The number of carbonyl (C=O) groups is 1. The van der Waals surface area contributed by atoms with Crippen LogP contribution in [0.1, 0.15) is 19.8 Å². The minimum absolute atomic E-state index is 0.0753. The third kappa shape index (κ3) is 5.09. The van der Waals surface area contributed by atoms with Crippen LogP contribution in [0.4, 0.5) is 0 Å². The molecule has 66 valence electrons. The maximum Gasteiger partial charge on any atom is 0.229 e. The number of aliphatic hydroxyl groups is 1. The van der Waals surface area contributed by atoms with Crippen LogP contribution in [0.2, 0.25) is 0 Å². The van der Waals surface area contributed by atoms with Gasteiger partial charge in [0.05, 0.1) is 5.75 Å². The molecule has 0 rings (SSSR count). The zero-order chi connectivity index (χ0) is 8.69. The van der Waals surface area contributed by atoms with Crippen LogP contribution in [0.5, 0.6) is 0 Å². The molecule has 0 aromatic rings. The normalized spacial score (nSPS) is 12.6. The summed E-state index contributed by atoms with van der Waals surface area (Å²) >= 11 is 3.82. The predicted molar refractivity (Wildman–Crippen MR) is 47.8 cm³/mol. The molecule has 0 aromatic carbocycles. The van der Waals surface area contributed by atoms with Crippen molar-refractivity contribution in [2.75, 3.05) is 12.4 Å². The molecule has 0 bridgehead atoms. The first-order valence-corrected chi connectivity index (χ1v) is 4.38. The second-order valence-corrected chi connectivity index (χ2v) is 2.66.